The Morgan fingerprint density at radius 2 is 1.89 bits per heavy atom. The van der Waals surface area contributed by atoms with E-state index in [9.17, 15) is 0 Å². The lowest BCUT2D eigenvalue weighted by Crippen LogP contribution is -2.11. The number of ether oxygens (including phenoxy) is 1. The van der Waals surface area contributed by atoms with E-state index in [0.717, 1.165) is 36.5 Å². The molecule has 0 fully saturated rings. The summed E-state index contributed by atoms with van der Waals surface area (Å²) in [5.74, 6) is 0.878. The number of hydrogen-bond donors (Lipinski definition) is 1. The van der Waals surface area contributed by atoms with Crippen LogP contribution in [0, 0.1) is 6.92 Å². The number of hydrogen-bond acceptors (Lipinski definition) is 2. The Bertz CT molecular complexity index is 443. The molecule has 0 aliphatic heterocycles. The number of nitrogens with two attached hydrogens (primary N) is 1. The molecule has 0 atom stereocenters. The third-order valence-corrected chi connectivity index (χ3v) is 4.35. The fraction of sp³-hybridized carbons (Fsp3) is 0.600. The summed E-state index contributed by atoms with van der Waals surface area (Å²) in [6, 6.07) is 0. The predicted molar refractivity (Wildman–Crippen MR) is 76.8 cm³/mol. The largest absolute Gasteiger partial charge is 0.495 e. The summed E-state index contributed by atoms with van der Waals surface area (Å²) in [6.45, 7) is 2.91. The molecule has 3 heteroatoms. The lowest BCUT2D eigenvalue weighted by molar-refractivity contribution is 0.407. The molecule has 18 heavy (non-hydrogen) atoms. The summed E-state index contributed by atoms with van der Waals surface area (Å²) >= 11 is 6.53. The van der Waals surface area contributed by atoms with E-state index in [2.05, 4.69) is 6.92 Å². The van der Waals surface area contributed by atoms with Crippen molar-refractivity contribution in [2.24, 2.45) is 5.73 Å². The molecule has 1 aliphatic rings. The Morgan fingerprint density at radius 3 is 2.50 bits per heavy atom. The van der Waals surface area contributed by atoms with Gasteiger partial charge in [0, 0.05) is 0 Å². The molecule has 0 unspecified atom stereocenters. The highest BCUT2D eigenvalue weighted by Crippen LogP contribution is 2.41. The summed E-state index contributed by atoms with van der Waals surface area (Å²) in [5, 5.41) is 0.838. The molecule has 2 rings (SSSR count). The molecule has 1 aromatic rings. The molecule has 0 heterocycles. The van der Waals surface area contributed by atoms with Gasteiger partial charge in [0.1, 0.15) is 5.75 Å². The van der Waals surface area contributed by atoms with E-state index in [1.165, 1.54) is 35.1 Å². The third kappa shape index (κ3) is 2.36. The molecule has 0 radical (unpaired) electrons. The minimum absolute atomic E-state index is 0.706. The van der Waals surface area contributed by atoms with Gasteiger partial charge < -0.3 is 10.5 Å². The van der Waals surface area contributed by atoms with Crippen molar-refractivity contribution < 1.29 is 4.74 Å². The first-order chi connectivity index (χ1) is 8.70. The first-order valence-electron chi connectivity index (χ1n) is 6.77. The van der Waals surface area contributed by atoms with Gasteiger partial charge in [0.15, 0.2) is 0 Å². The van der Waals surface area contributed by atoms with Gasteiger partial charge in [-0.05, 0) is 74.2 Å². The standard InChI is InChI=1S/C15H22ClNO/c1-10-11-6-3-4-7-13(11)14(16)15(18-2)12(10)8-5-9-17/h3-9,17H2,1-2H3. The van der Waals surface area contributed by atoms with Crippen molar-refractivity contribution in [2.45, 2.75) is 45.4 Å². The van der Waals surface area contributed by atoms with Crippen LogP contribution in [-0.2, 0) is 19.3 Å². The van der Waals surface area contributed by atoms with Crippen LogP contribution in [0.3, 0.4) is 0 Å². The van der Waals surface area contributed by atoms with E-state index in [4.69, 9.17) is 22.1 Å². The Morgan fingerprint density at radius 1 is 1.22 bits per heavy atom. The lowest BCUT2D eigenvalue weighted by Gasteiger charge is -2.24. The Kier molecular flexibility index (Phi) is 4.52. The van der Waals surface area contributed by atoms with Crippen LogP contribution in [0.1, 0.15) is 41.5 Å². The fourth-order valence-electron chi connectivity index (χ4n) is 2.98. The van der Waals surface area contributed by atoms with Crippen molar-refractivity contribution in [3.63, 3.8) is 0 Å². The topological polar surface area (TPSA) is 35.2 Å². The van der Waals surface area contributed by atoms with Crippen molar-refractivity contribution in [3.05, 3.63) is 27.3 Å². The average molecular weight is 268 g/mol. The fourth-order valence-corrected chi connectivity index (χ4v) is 3.38. The van der Waals surface area contributed by atoms with E-state index < -0.39 is 0 Å². The smallest absolute Gasteiger partial charge is 0.141 e. The molecular formula is C15H22ClNO. The number of halogens is 1. The zero-order valence-corrected chi connectivity index (χ0v) is 12.1. The van der Waals surface area contributed by atoms with Crippen LogP contribution in [-0.4, -0.2) is 13.7 Å². The summed E-state index contributed by atoms with van der Waals surface area (Å²) in [4.78, 5) is 0. The van der Waals surface area contributed by atoms with Gasteiger partial charge in [-0.2, -0.15) is 0 Å². The van der Waals surface area contributed by atoms with Crippen molar-refractivity contribution in [1.29, 1.82) is 0 Å². The second-order valence-electron chi connectivity index (χ2n) is 5.01. The zero-order valence-electron chi connectivity index (χ0n) is 11.3. The second-order valence-corrected chi connectivity index (χ2v) is 5.39. The Balaban J connectivity index is 2.53. The molecule has 0 saturated carbocycles. The van der Waals surface area contributed by atoms with Crippen molar-refractivity contribution in [3.8, 4) is 5.75 Å². The molecule has 0 bridgehead atoms. The van der Waals surface area contributed by atoms with Gasteiger partial charge in [0.25, 0.3) is 0 Å². The molecule has 0 amide bonds. The van der Waals surface area contributed by atoms with Crippen LogP contribution in [0.4, 0.5) is 0 Å². The van der Waals surface area contributed by atoms with E-state index in [0.29, 0.717) is 6.54 Å². The lowest BCUT2D eigenvalue weighted by atomic mass is 9.85. The van der Waals surface area contributed by atoms with E-state index in [-0.39, 0.29) is 0 Å². The summed E-state index contributed by atoms with van der Waals surface area (Å²) in [5.41, 5.74) is 11.0. The van der Waals surface area contributed by atoms with Crippen LogP contribution in [0.15, 0.2) is 0 Å². The second kappa shape index (κ2) is 5.94. The first-order valence-corrected chi connectivity index (χ1v) is 7.15. The molecule has 0 aromatic heterocycles. The van der Waals surface area contributed by atoms with Crippen molar-refractivity contribution in [1.82, 2.24) is 0 Å². The van der Waals surface area contributed by atoms with Crippen LogP contribution in [0.5, 0.6) is 5.75 Å². The van der Waals surface area contributed by atoms with Gasteiger partial charge in [-0.3, -0.25) is 0 Å². The van der Waals surface area contributed by atoms with Gasteiger partial charge in [-0.25, -0.2) is 0 Å². The van der Waals surface area contributed by atoms with Gasteiger partial charge in [0.05, 0.1) is 12.1 Å². The highest BCUT2D eigenvalue weighted by Gasteiger charge is 2.22. The van der Waals surface area contributed by atoms with Gasteiger partial charge in [-0.1, -0.05) is 11.6 Å². The monoisotopic (exact) mass is 267 g/mol. The zero-order chi connectivity index (χ0) is 13.1. The van der Waals surface area contributed by atoms with E-state index in [1.807, 2.05) is 0 Å². The average Bonchev–Trinajstić information content (AvgIpc) is 2.41. The molecule has 0 spiro atoms. The molecular weight excluding hydrogens is 246 g/mol. The minimum Gasteiger partial charge on any atom is -0.495 e. The maximum Gasteiger partial charge on any atom is 0.141 e. The molecule has 2 nitrogen and oxygen atoms in total. The quantitative estimate of drug-likeness (QED) is 0.907. The summed E-state index contributed by atoms with van der Waals surface area (Å²) < 4.78 is 5.55. The van der Waals surface area contributed by atoms with Crippen molar-refractivity contribution >= 4 is 11.6 Å². The van der Waals surface area contributed by atoms with Crippen LogP contribution < -0.4 is 10.5 Å². The summed E-state index contributed by atoms with van der Waals surface area (Å²) in [7, 11) is 1.71. The molecule has 1 aliphatic carbocycles. The van der Waals surface area contributed by atoms with Gasteiger partial charge in [-0.15, -0.1) is 0 Å². The number of benzene rings is 1. The maximum atomic E-state index is 6.53. The van der Waals surface area contributed by atoms with E-state index >= 15 is 0 Å². The van der Waals surface area contributed by atoms with Crippen LogP contribution in [0.2, 0.25) is 5.02 Å². The minimum atomic E-state index is 0.706. The number of methoxy groups -OCH3 is 1. The normalized spacial score (nSPS) is 14.4. The molecule has 100 valence electrons. The third-order valence-electron chi connectivity index (χ3n) is 3.95. The maximum absolute atomic E-state index is 6.53. The Hall–Kier alpha value is -0.730. The number of rotatable bonds is 4. The first kappa shape index (κ1) is 13.7. The SMILES string of the molecule is COc1c(Cl)c2c(c(C)c1CCCN)CCCC2. The Labute approximate surface area is 114 Å². The van der Waals surface area contributed by atoms with E-state index in [1.54, 1.807) is 7.11 Å². The highest BCUT2D eigenvalue weighted by atomic mass is 35.5. The van der Waals surface area contributed by atoms with Gasteiger partial charge in [0.2, 0.25) is 0 Å². The number of fused-ring (bicyclic) bond motifs is 1. The molecule has 2 N–H and O–H groups in total. The van der Waals surface area contributed by atoms with Crippen LogP contribution >= 0.6 is 11.6 Å². The van der Waals surface area contributed by atoms with Gasteiger partial charge >= 0.3 is 0 Å². The predicted octanol–water partition coefficient (Wildman–Crippen LogP) is 3.43. The molecule has 0 saturated heterocycles. The summed E-state index contributed by atoms with van der Waals surface area (Å²) in [6.07, 6.45) is 6.68. The van der Waals surface area contributed by atoms with Crippen molar-refractivity contribution in [2.75, 3.05) is 13.7 Å². The van der Waals surface area contributed by atoms with Crippen LogP contribution in [0.25, 0.3) is 0 Å². The molecule has 1 aromatic carbocycles. The highest BCUT2D eigenvalue weighted by molar-refractivity contribution is 6.33.